The molecule has 0 fully saturated rings. The van der Waals surface area contributed by atoms with E-state index in [1.165, 1.54) is 31.2 Å². The Morgan fingerprint density at radius 3 is 2.12 bits per heavy atom. The summed E-state index contributed by atoms with van der Waals surface area (Å²) < 4.78 is 35.4. The van der Waals surface area contributed by atoms with E-state index in [1.54, 1.807) is 42.5 Å². The highest BCUT2D eigenvalue weighted by molar-refractivity contribution is 9.10. The van der Waals surface area contributed by atoms with Gasteiger partial charge in [0.15, 0.2) is 0 Å². The molecule has 8 nitrogen and oxygen atoms in total. The first-order chi connectivity index (χ1) is 20.2. The van der Waals surface area contributed by atoms with Crippen LogP contribution in [0, 0.1) is 0 Å². The van der Waals surface area contributed by atoms with E-state index in [9.17, 15) is 18.0 Å². The fraction of sp³-hybridized carbons (Fsp3) is 0.188. The highest BCUT2D eigenvalue weighted by atomic mass is 79.9. The largest absolute Gasteiger partial charge is 0.495 e. The number of amides is 2. The number of anilines is 1. The Morgan fingerprint density at radius 2 is 1.48 bits per heavy atom. The van der Waals surface area contributed by atoms with Crippen LogP contribution in [0.25, 0.3) is 0 Å². The highest BCUT2D eigenvalue weighted by Crippen LogP contribution is 2.32. The SMILES string of the molecule is CNC(=O)[C@@H](Cc1ccccc1)N(Cc1cccc(Br)c1)C(=O)CN(c1ccccc1OC)S(=O)(=O)c1ccccc1. The molecule has 0 radical (unpaired) electrons. The summed E-state index contributed by atoms with van der Waals surface area (Å²) in [5, 5.41) is 2.68. The maximum Gasteiger partial charge on any atom is 0.264 e. The van der Waals surface area contributed by atoms with Crippen LogP contribution in [0.4, 0.5) is 5.69 Å². The Kier molecular flexibility index (Phi) is 10.4. The van der Waals surface area contributed by atoms with Gasteiger partial charge in [-0.05, 0) is 47.5 Å². The second-order valence-corrected chi connectivity index (χ2v) is 12.2. The van der Waals surface area contributed by atoms with Gasteiger partial charge in [-0.1, -0.05) is 88.7 Å². The second kappa shape index (κ2) is 14.2. The van der Waals surface area contributed by atoms with E-state index in [2.05, 4.69) is 21.2 Å². The lowest BCUT2D eigenvalue weighted by atomic mass is 10.0. The van der Waals surface area contributed by atoms with Gasteiger partial charge in [-0.25, -0.2) is 8.42 Å². The van der Waals surface area contributed by atoms with E-state index < -0.39 is 28.5 Å². The van der Waals surface area contributed by atoms with Crippen LogP contribution in [-0.2, 0) is 32.6 Å². The van der Waals surface area contributed by atoms with Gasteiger partial charge in [0.25, 0.3) is 10.0 Å². The number of benzene rings is 4. The highest BCUT2D eigenvalue weighted by Gasteiger charge is 2.35. The predicted molar refractivity (Wildman–Crippen MR) is 167 cm³/mol. The Hall–Kier alpha value is -4.15. The molecule has 0 spiro atoms. The third kappa shape index (κ3) is 7.37. The van der Waals surface area contributed by atoms with Crippen molar-refractivity contribution in [2.75, 3.05) is 25.0 Å². The molecule has 42 heavy (non-hydrogen) atoms. The van der Waals surface area contributed by atoms with Gasteiger partial charge in [0, 0.05) is 24.5 Å². The quantitative estimate of drug-likeness (QED) is 0.232. The van der Waals surface area contributed by atoms with Crippen LogP contribution >= 0.6 is 15.9 Å². The number of halogens is 1. The Balaban J connectivity index is 1.81. The minimum atomic E-state index is -4.21. The number of carbonyl (C=O) groups is 2. The molecule has 1 N–H and O–H groups in total. The van der Waals surface area contributed by atoms with Gasteiger partial charge in [-0.15, -0.1) is 0 Å². The zero-order valence-corrected chi connectivity index (χ0v) is 25.7. The molecule has 4 aromatic carbocycles. The average Bonchev–Trinajstić information content (AvgIpc) is 3.02. The number of ether oxygens (including phenoxy) is 1. The first-order valence-corrected chi connectivity index (χ1v) is 15.5. The molecule has 0 unspecified atom stereocenters. The summed E-state index contributed by atoms with van der Waals surface area (Å²) in [5.41, 5.74) is 1.84. The molecule has 1 atom stereocenters. The summed E-state index contributed by atoms with van der Waals surface area (Å²) in [5.74, 6) is -0.627. The van der Waals surface area contributed by atoms with Crippen molar-refractivity contribution in [3.63, 3.8) is 0 Å². The molecule has 0 saturated carbocycles. The van der Waals surface area contributed by atoms with E-state index in [0.29, 0.717) is 0 Å². The Bertz CT molecular complexity index is 1620. The number of sulfonamides is 1. The number of methoxy groups -OCH3 is 1. The molecule has 218 valence electrons. The fourth-order valence-corrected chi connectivity index (χ4v) is 6.51. The summed E-state index contributed by atoms with van der Waals surface area (Å²) in [6, 6.07) is 30.4. The van der Waals surface area contributed by atoms with Gasteiger partial charge in [0.2, 0.25) is 11.8 Å². The molecular formula is C32H32BrN3O5S. The number of rotatable bonds is 12. The zero-order chi connectivity index (χ0) is 30.1. The Morgan fingerprint density at radius 1 is 0.857 bits per heavy atom. The average molecular weight is 651 g/mol. The molecule has 0 aliphatic heterocycles. The van der Waals surface area contributed by atoms with Crippen LogP contribution in [0.3, 0.4) is 0 Å². The van der Waals surface area contributed by atoms with Gasteiger partial charge in [0.05, 0.1) is 17.7 Å². The maximum atomic E-state index is 14.3. The van der Waals surface area contributed by atoms with E-state index in [1.807, 2.05) is 54.6 Å². The van der Waals surface area contributed by atoms with E-state index in [4.69, 9.17) is 4.74 Å². The number of para-hydroxylation sites is 2. The number of nitrogens with one attached hydrogen (secondary N) is 1. The molecule has 2 amide bonds. The number of hydrogen-bond acceptors (Lipinski definition) is 5. The summed E-state index contributed by atoms with van der Waals surface area (Å²) >= 11 is 3.48. The smallest absolute Gasteiger partial charge is 0.264 e. The van der Waals surface area contributed by atoms with Gasteiger partial charge >= 0.3 is 0 Å². The molecule has 4 aromatic rings. The normalized spacial score (nSPS) is 11.8. The van der Waals surface area contributed by atoms with Crippen molar-refractivity contribution in [1.82, 2.24) is 10.2 Å². The summed E-state index contributed by atoms with van der Waals surface area (Å²) in [6.07, 6.45) is 0.236. The molecule has 0 aromatic heterocycles. The third-order valence-corrected chi connectivity index (χ3v) is 8.99. The van der Waals surface area contributed by atoms with Crippen molar-refractivity contribution in [1.29, 1.82) is 0 Å². The molecule has 4 rings (SSSR count). The first-order valence-electron chi connectivity index (χ1n) is 13.2. The lowest BCUT2D eigenvalue weighted by Crippen LogP contribution is -2.53. The molecule has 0 heterocycles. The molecule has 0 aliphatic rings. The number of carbonyl (C=O) groups excluding carboxylic acids is 2. The van der Waals surface area contributed by atoms with Crippen molar-refractivity contribution in [2.45, 2.75) is 23.9 Å². The van der Waals surface area contributed by atoms with Crippen LogP contribution in [0.15, 0.2) is 119 Å². The van der Waals surface area contributed by atoms with E-state index >= 15 is 0 Å². The van der Waals surface area contributed by atoms with Crippen LogP contribution in [-0.4, -0.2) is 51.9 Å². The topological polar surface area (TPSA) is 96.0 Å². The number of hydrogen-bond donors (Lipinski definition) is 1. The lowest BCUT2D eigenvalue weighted by molar-refractivity contribution is -0.139. The molecular weight excluding hydrogens is 618 g/mol. The van der Waals surface area contributed by atoms with Crippen molar-refractivity contribution in [3.05, 3.63) is 125 Å². The first kappa shape index (κ1) is 30.8. The van der Waals surface area contributed by atoms with Gasteiger partial charge in [-0.2, -0.15) is 0 Å². The minimum Gasteiger partial charge on any atom is -0.495 e. The van der Waals surface area contributed by atoms with E-state index in [-0.39, 0.29) is 35.2 Å². The summed E-state index contributed by atoms with van der Waals surface area (Å²) in [4.78, 5) is 29.1. The molecule has 0 saturated heterocycles. The summed E-state index contributed by atoms with van der Waals surface area (Å²) in [7, 11) is -1.25. The predicted octanol–water partition coefficient (Wildman–Crippen LogP) is 5.04. The van der Waals surface area contributed by atoms with Crippen molar-refractivity contribution < 1.29 is 22.7 Å². The monoisotopic (exact) mass is 649 g/mol. The lowest BCUT2D eigenvalue weighted by Gasteiger charge is -2.34. The van der Waals surface area contributed by atoms with Crippen LogP contribution in [0.1, 0.15) is 11.1 Å². The van der Waals surface area contributed by atoms with Crippen molar-refractivity contribution in [3.8, 4) is 5.75 Å². The summed E-state index contributed by atoms with van der Waals surface area (Å²) in [6.45, 7) is -0.484. The van der Waals surface area contributed by atoms with Crippen molar-refractivity contribution in [2.24, 2.45) is 0 Å². The van der Waals surface area contributed by atoms with E-state index in [0.717, 1.165) is 19.9 Å². The molecule has 10 heteroatoms. The van der Waals surface area contributed by atoms with Gasteiger partial charge in [-0.3, -0.25) is 13.9 Å². The minimum absolute atomic E-state index is 0.0226. The van der Waals surface area contributed by atoms with Crippen LogP contribution < -0.4 is 14.4 Å². The Labute approximate surface area is 255 Å². The van der Waals surface area contributed by atoms with Crippen LogP contribution in [0.2, 0.25) is 0 Å². The van der Waals surface area contributed by atoms with Crippen LogP contribution in [0.5, 0.6) is 5.75 Å². The van der Waals surface area contributed by atoms with Gasteiger partial charge in [0.1, 0.15) is 18.3 Å². The molecule has 0 aliphatic carbocycles. The standard InChI is InChI=1S/C32H32BrN3O5S/c1-34-32(38)29(21-24-12-5-3-6-13-24)35(22-25-14-11-15-26(33)20-25)31(37)23-36(28-18-9-10-19-30(28)41-2)42(39,40)27-16-7-4-8-17-27/h3-20,29H,21-23H2,1-2H3,(H,34,38)/t29-/m1/s1. The maximum absolute atomic E-state index is 14.3. The number of nitrogens with zero attached hydrogens (tertiary/aromatic N) is 2. The zero-order valence-electron chi connectivity index (χ0n) is 23.3. The fourth-order valence-electron chi connectivity index (χ4n) is 4.62. The second-order valence-electron chi connectivity index (χ2n) is 9.47. The van der Waals surface area contributed by atoms with Gasteiger partial charge < -0.3 is 15.0 Å². The third-order valence-electron chi connectivity index (χ3n) is 6.72. The number of likely N-dealkylation sites (N-methyl/N-ethyl adjacent to an activating group) is 1. The molecule has 0 bridgehead atoms. The van der Waals surface area contributed by atoms with Crippen molar-refractivity contribution >= 4 is 43.5 Å².